The molecule has 1 aliphatic carbocycles. The van der Waals surface area contributed by atoms with Crippen LogP contribution in [-0.4, -0.2) is 14.5 Å². The van der Waals surface area contributed by atoms with E-state index in [1.54, 1.807) is 0 Å². The van der Waals surface area contributed by atoms with Crippen molar-refractivity contribution in [1.82, 2.24) is 4.72 Å². The van der Waals surface area contributed by atoms with Crippen LogP contribution in [0.4, 0.5) is 14.5 Å². The van der Waals surface area contributed by atoms with Crippen molar-refractivity contribution in [3.63, 3.8) is 0 Å². The fourth-order valence-electron chi connectivity index (χ4n) is 2.04. The summed E-state index contributed by atoms with van der Waals surface area (Å²) >= 11 is 0. The number of halogens is 2. The van der Waals surface area contributed by atoms with Gasteiger partial charge in [0.2, 0.25) is 10.0 Å². The van der Waals surface area contributed by atoms with E-state index in [0.29, 0.717) is 5.92 Å². The van der Waals surface area contributed by atoms with Crippen LogP contribution in [0.1, 0.15) is 19.8 Å². The molecule has 0 heterocycles. The molecule has 0 spiro atoms. The summed E-state index contributed by atoms with van der Waals surface area (Å²) in [4.78, 5) is -0.610. The molecule has 1 aromatic carbocycles. The van der Waals surface area contributed by atoms with Crippen molar-refractivity contribution >= 4 is 15.7 Å². The zero-order valence-corrected chi connectivity index (χ0v) is 10.6. The van der Waals surface area contributed by atoms with Gasteiger partial charge in [-0.25, -0.2) is 21.9 Å². The van der Waals surface area contributed by atoms with Gasteiger partial charge >= 0.3 is 0 Å². The molecular formula is C11H14F2N2O2S. The van der Waals surface area contributed by atoms with Crippen molar-refractivity contribution in [2.24, 2.45) is 5.92 Å². The van der Waals surface area contributed by atoms with E-state index < -0.39 is 32.2 Å². The fraction of sp³-hybridized carbons (Fsp3) is 0.455. The standard InChI is InChI=1S/C11H14F2N2O2S/c1-6-4-7(5-6)15-18(16,17)9-3-2-8(12)11(14)10(9)13/h2-3,6-7,15H,4-5,14H2,1H3. The van der Waals surface area contributed by atoms with Crippen LogP contribution in [0.25, 0.3) is 0 Å². The average Bonchev–Trinajstić information content (AvgIpc) is 2.23. The van der Waals surface area contributed by atoms with Crippen LogP contribution in [0.3, 0.4) is 0 Å². The molecule has 1 aromatic rings. The van der Waals surface area contributed by atoms with Gasteiger partial charge in [-0.1, -0.05) is 6.92 Å². The third kappa shape index (κ3) is 2.32. The van der Waals surface area contributed by atoms with Gasteiger partial charge in [0.15, 0.2) is 5.82 Å². The Labute approximate surface area is 104 Å². The van der Waals surface area contributed by atoms with Gasteiger partial charge < -0.3 is 5.73 Å². The van der Waals surface area contributed by atoms with Crippen LogP contribution in [0, 0.1) is 17.6 Å². The quantitative estimate of drug-likeness (QED) is 0.824. The third-order valence-electron chi connectivity index (χ3n) is 3.08. The van der Waals surface area contributed by atoms with E-state index in [9.17, 15) is 17.2 Å². The number of benzene rings is 1. The SMILES string of the molecule is CC1CC(NS(=O)(=O)c2ccc(F)c(N)c2F)C1. The minimum atomic E-state index is -3.99. The number of anilines is 1. The molecule has 0 saturated heterocycles. The molecule has 0 bridgehead atoms. The number of hydrogen-bond donors (Lipinski definition) is 2. The normalized spacial score (nSPS) is 23.7. The summed E-state index contributed by atoms with van der Waals surface area (Å²) in [6.07, 6.45) is 1.44. The number of hydrogen-bond acceptors (Lipinski definition) is 3. The second kappa shape index (κ2) is 4.47. The van der Waals surface area contributed by atoms with E-state index in [4.69, 9.17) is 5.73 Å². The first-order valence-corrected chi connectivity index (χ1v) is 7.05. The maximum atomic E-state index is 13.6. The lowest BCUT2D eigenvalue weighted by Gasteiger charge is -2.32. The summed E-state index contributed by atoms with van der Waals surface area (Å²) < 4.78 is 52.8. The highest BCUT2D eigenvalue weighted by Crippen LogP contribution is 2.29. The first-order chi connectivity index (χ1) is 8.31. The highest BCUT2D eigenvalue weighted by Gasteiger charge is 2.31. The number of nitrogens with one attached hydrogen (secondary N) is 1. The average molecular weight is 276 g/mol. The second-order valence-corrected chi connectivity index (χ2v) is 6.35. The van der Waals surface area contributed by atoms with Crippen molar-refractivity contribution < 1.29 is 17.2 Å². The molecule has 1 aliphatic rings. The fourth-order valence-corrected chi connectivity index (χ4v) is 3.39. The molecule has 4 nitrogen and oxygen atoms in total. The number of nitrogens with two attached hydrogens (primary N) is 1. The summed E-state index contributed by atoms with van der Waals surface area (Å²) in [6.45, 7) is 2.00. The molecule has 0 aromatic heterocycles. The zero-order valence-electron chi connectivity index (χ0n) is 9.78. The van der Waals surface area contributed by atoms with Crippen molar-refractivity contribution in [3.8, 4) is 0 Å². The number of sulfonamides is 1. The van der Waals surface area contributed by atoms with E-state index in [1.807, 2.05) is 6.92 Å². The summed E-state index contributed by atoms with van der Waals surface area (Å²) in [5, 5.41) is 0. The molecule has 18 heavy (non-hydrogen) atoms. The Morgan fingerprint density at radius 1 is 1.33 bits per heavy atom. The van der Waals surface area contributed by atoms with Gasteiger partial charge in [-0.05, 0) is 30.9 Å². The van der Waals surface area contributed by atoms with Gasteiger partial charge in [-0.3, -0.25) is 0 Å². The molecule has 0 atom stereocenters. The topological polar surface area (TPSA) is 72.2 Å². The number of nitrogen functional groups attached to an aromatic ring is 1. The molecular weight excluding hydrogens is 262 g/mol. The van der Waals surface area contributed by atoms with Crippen molar-refractivity contribution in [2.75, 3.05) is 5.73 Å². The predicted molar refractivity (Wildman–Crippen MR) is 63.3 cm³/mol. The van der Waals surface area contributed by atoms with Crippen LogP contribution in [-0.2, 0) is 10.0 Å². The molecule has 0 unspecified atom stereocenters. The van der Waals surface area contributed by atoms with Crippen LogP contribution in [0.2, 0.25) is 0 Å². The largest absolute Gasteiger partial charge is 0.394 e. The molecule has 2 rings (SSSR count). The summed E-state index contributed by atoms with van der Waals surface area (Å²) in [5.41, 5.74) is 4.36. The zero-order chi connectivity index (χ0) is 13.5. The third-order valence-corrected chi connectivity index (χ3v) is 4.61. The molecule has 0 radical (unpaired) electrons. The monoisotopic (exact) mass is 276 g/mol. The maximum absolute atomic E-state index is 13.6. The molecule has 100 valence electrons. The lowest BCUT2D eigenvalue weighted by atomic mass is 9.83. The van der Waals surface area contributed by atoms with Gasteiger partial charge in [0.25, 0.3) is 0 Å². The van der Waals surface area contributed by atoms with E-state index in [1.165, 1.54) is 0 Å². The summed E-state index contributed by atoms with van der Waals surface area (Å²) in [5.74, 6) is -1.75. The van der Waals surface area contributed by atoms with Gasteiger partial charge in [0.1, 0.15) is 16.4 Å². The van der Waals surface area contributed by atoms with E-state index in [0.717, 1.165) is 25.0 Å². The Morgan fingerprint density at radius 3 is 2.50 bits per heavy atom. The minimum Gasteiger partial charge on any atom is -0.394 e. The van der Waals surface area contributed by atoms with Crippen LogP contribution < -0.4 is 10.5 Å². The van der Waals surface area contributed by atoms with Crippen LogP contribution >= 0.6 is 0 Å². The Bertz CT molecular complexity index is 569. The highest BCUT2D eigenvalue weighted by molar-refractivity contribution is 7.89. The Morgan fingerprint density at radius 2 is 1.94 bits per heavy atom. The molecule has 3 N–H and O–H groups in total. The van der Waals surface area contributed by atoms with Crippen LogP contribution in [0.15, 0.2) is 17.0 Å². The van der Waals surface area contributed by atoms with E-state index in [-0.39, 0.29) is 6.04 Å². The molecule has 0 amide bonds. The predicted octanol–water partition coefficient (Wildman–Crippen LogP) is 1.62. The summed E-state index contributed by atoms with van der Waals surface area (Å²) in [6, 6.07) is 1.54. The van der Waals surface area contributed by atoms with Crippen molar-refractivity contribution in [1.29, 1.82) is 0 Å². The van der Waals surface area contributed by atoms with Crippen molar-refractivity contribution in [2.45, 2.75) is 30.7 Å². The first kappa shape index (κ1) is 13.2. The second-order valence-electron chi connectivity index (χ2n) is 4.67. The molecule has 1 saturated carbocycles. The van der Waals surface area contributed by atoms with Gasteiger partial charge in [-0.2, -0.15) is 0 Å². The van der Waals surface area contributed by atoms with Crippen LogP contribution in [0.5, 0.6) is 0 Å². The smallest absolute Gasteiger partial charge is 0.243 e. The lowest BCUT2D eigenvalue weighted by Crippen LogP contribution is -2.43. The van der Waals surface area contributed by atoms with E-state index >= 15 is 0 Å². The Balaban J connectivity index is 2.27. The van der Waals surface area contributed by atoms with Crippen molar-refractivity contribution in [3.05, 3.63) is 23.8 Å². The Hall–Kier alpha value is -1.21. The molecule has 1 fully saturated rings. The maximum Gasteiger partial charge on any atom is 0.243 e. The van der Waals surface area contributed by atoms with Gasteiger partial charge in [0.05, 0.1) is 0 Å². The number of rotatable bonds is 3. The summed E-state index contributed by atoms with van der Waals surface area (Å²) in [7, 11) is -3.99. The lowest BCUT2D eigenvalue weighted by molar-refractivity contribution is 0.270. The van der Waals surface area contributed by atoms with E-state index in [2.05, 4.69) is 4.72 Å². The molecule has 7 heteroatoms. The van der Waals surface area contributed by atoms with Gasteiger partial charge in [0, 0.05) is 6.04 Å². The first-order valence-electron chi connectivity index (χ1n) is 5.57. The molecule has 0 aliphatic heterocycles. The van der Waals surface area contributed by atoms with Gasteiger partial charge in [-0.15, -0.1) is 0 Å². The Kier molecular flexibility index (Phi) is 3.29. The minimum absolute atomic E-state index is 0.185. The highest BCUT2D eigenvalue weighted by atomic mass is 32.2.